The average Bonchev–Trinajstić information content (AvgIpc) is 1.53. The molecule has 4 aliphatic carbocycles. The maximum atomic E-state index is 14.0. The topological polar surface area (TPSA) is 114 Å². The Labute approximate surface area is 746 Å². The molecule has 8 amide bonds. The van der Waals surface area contributed by atoms with E-state index in [4.69, 9.17) is 92.8 Å². The lowest BCUT2D eigenvalue weighted by Crippen LogP contribution is -2.63. The second-order valence-electron chi connectivity index (χ2n) is 32.8. The van der Waals surface area contributed by atoms with Crippen LogP contribution in [0.4, 0.5) is 64.7 Å². The van der Waals surface area contributed by atoms with Crippen LogP contribution in [-0.4, -0.2) is 52.9 Å². The van der Waals surface area contributed by atoms with E-state index in [1.807, 2.05) is 218 Å². The molecule has 4 saturated carbocycles. The monoisotopic (exact) mass is 1760 g/mol. The fraction of sp³-hybridized carbons (Fsp3) is 0.240. The third-order valence-corrected chi connectivity index (χ3v) is 27.8. The number of urea groups is 4. The van der Waals surface area contributed by atoms with Crippen LogP contribution < -0.4 is 39.2 Å². The smallest absolute Gasteiger partial charge is 0.332 e. The molecule has 7 atom stereocenters. The van der Waals surface area contributed by atoms with E-state index >= 15 is 0 Å². The fourth-order valence-corrected chi connectivity index (χ4v) is 21.5. The van der Waals surface area contributed by atoms with Crippen LogP contribution in [0.3, 0.4) is 0 Å². The summed E-state index contributed by atoms with van der Waals surface area (Å²) < 4.78 is 0. The van der Waals surface area contributed by atoms with Gasteiger partial charge in [-0.05, 0) is 316 Å². The van der Waals surface area contributed by atoms with Gasteiger partial charge < -0.3 is 5.11 Å². The molecule has 4 aliphatic heterocycles. The van der Waals surface area contributed by atoms with E-state index in [0.29, 0.717) is 64.3 Å². The van der Waals surface area contributed by atoms with Crippen LogP contribution in [-0.2, 0) is 22.3 Å². The first-order valence-electron chi connectivity index (χ1n) is 41.0. The van der Waals surface area contributed by atoms with Crippen molar-refractivity contribution in [1.82, 2.24) is 0 Å². The van der Waals surface area contributed by atoms with Crippen LogP contribution in [0.25, 0.3) is 0 Å². The van der Waals surface area contributed by atoms with Gasteiger partial charge in [-0.2, -0.15) is 0 Å². The highest BCUT2D eigenvalue weighted by Crippen LogP contribution is 2.62. The van der Waals surface area contributed by atoms with E-state index in [9.17, 15) is 24.3 Å². The summed E-state index contributed by atoms with van der Waals surface area (Å²) >= 11 is 49.0. The van der Waals surface area contributed by atoms with Gasteiger partial charge in [0.1, 0.15) is 5.54 Å². The Bertz CT molecular complexity index is 5450. The molecule has 8 fully saturated rings. The molecular weight excluding hydrogens is 1680 g/mol. The Morgan fingerprint density at radius 2 is 0.479 bits per heavy atom. The summed E-state index contributed by atoms with van der Waals surface area (Å²) in [5.41, 5.74) is 11.8. The zero-order valence-electron chi connectivity index (χ0n) is 67.1. The molecule has 12 aromatic carbocycles. The molecule has 4 heterocycles. The predicted molar refractivity (Wildman–Crippen MR) is 496 cm³/mol. The van der Waals surface area contributed by atoms with Crippen molar-refractivity contribution in [3.63, 3.8) is 0 Å². The molecular formula is C100H88Cl8N8O5. The molecule has 1 spiro atoms. The van der Waals surface area contributed by atoms with Crippen LogP contribution >= 0.6 is 92.8 Å². The molecule has 20 rings (SSSR count). The number of hydrogen-bond donors (Lipinski definition) is 1. The SMILES string of the molecule is Cc1cccc(C2(O)N(c3ccc(Cl)cc3)C(=O)N(c3ccc(Cl)cc3)C23CCC3)c1.Cc1cccc(C23CCCC2N(c2ccc(Cl)cc2)C(=O)N3c2ccc(Cl)cc2)c1.Cc1cccc([C@@]23CCC[C@@H]2N(c2ccc(Cl)cc2)C(=O)N3c2ccc(Cl)cc2)c1.Cc1cccc([C@]23CCC[C@H]2N(c2ccc(Cl)cc2)C(=O)N3c2ccc(Cl)cc2)c1. The van der Waals surface area contributed by atoms with Gasteiger partial charge >= 0.3 is 24.1 Å². The van der Waals surface area contributed by atoms with Crippen molar-refractivity contribution < 1.29 is 24.3 Å². The van der Waals surface area contributed by atoms with Gasteiger partial charge in [-0.25, -0.2) is 19.2 Å². The van der Waals surface area contributed by atoms with E-state index in [0.717, 1.165) is 110 Å². The zero-order chi connectivity index (χ0) is 84.4. The molecule has 0 radical (unpaired) electrons. The number of carbonyl (C=O) groups excluding carboxylic acids is 4. The minimum atomic E-state index is -1.54. The van der Waals surface area contributed by atoms with Crippen LogP contribution in [0.15, 0.2) is 291 Å². The summed E-state index contributed by atoms with van der Waals surface area (Å²) in [5.74, 6) is 0. The van der Waals surface area contributed by atoms with Gasteiger partial charge in [0.25, 0.3) is 0 Å². The summed E-state index contributed by atoms with van der Waals surface area (Å²) in [4.78, 5) is 70.9. The van der Waals surface area contributed by atoms with Gasteiger partial charge in [-0.15, -0.1) is 0 Å². The lowest BCUT2D eigenvalue weighted by atomic mass is 9.66. The molecule has 8 aliphatic rings. The number of anilines is 8. The number of aliphatic hydroxyl groups is 1. The molecule has 4 saturated heterocycles. The molecule has 121 heavy (non-hydrogen) atoms. The Morgan fingerprint density at radius 3 is 0.719 bits per heavy atom. The number of amides is 8. The largest absolute Gasteiger partial charge is 0.364 e. The van der Waals surface area contributed by atoms with E-state index < -0.39 is 27.9 Å². The summed E-state index contributed by atoms with van der Waals surface area (Å²) in [7, 11) is 0. The van der Waals surface area contributed by atoms with Crippen LogP contribution in [0, 0.1) is 27.7 Å². The average molecular weight is 1770 g/mol. The maximum Gasteiger partial charge on any atom is 0.332 e. The maximum absolute atomic E-state index is 14.0. The van der Waals surface area contributed by atoms with Crippen molar-refractivity contribution in [2.75, 3.05) is 39.2 Å². The standard InChI is InChI=1S/C25H22Cl2N2O2.3C25H22Cl2N2O/c1-17-4-2-5-18(16-17)25(31)24(14-3-15-24)28(21-10-6-19(26)7-11-21)23(30)29(25)22-12-8-20(27)9-13-22;3*1-17-4-2-5-18(16-17)25-15-3-6-23(25)28(21-11-7-19(26)8-12-21)24(30)29(25)22-13-9-20(27)10-14-22/h2,4-13,16,31H,3,14-15H2,1H3;3*2,4-5,7-14,16,23H,3,6,15H2,1H3/t;2*23-,25-;/m.10./s1. The molecule has 12 aromatic rings. The fourth-order valence-electron chi connectivity index (χ4n) is 20.5. The summed E-state index contributed by atoms with van der Waals surface area (Å²) in [5, 5.41) is 17.6. The molecule has 21 heteroatoms. The third kappa shape index (κ3) is 14.6. The Kier molecular flexibility index (Phi) is 23.2. The van der Waals surface area contributed by atoms with Crippen molar-refractivity contribution in [1.29, 1.82) is 0 Å². The number of benzene rings is 12. The number of nitrogens with zero attached hydrogens (tertiary/aromatic N) is 8. The highest BCUT2D eigenvalue weighted by atomic mass is 35.5. The molecule has 13 nitrogen and oxygen atoms in total. The van der Waals surface area contributed by atoms with Gasteiger partial charge in [0, 0.05) is 91.2 Å². The first kappa shape index (κ1) is 83.3. The van der Waals surface area contributed by atoms with Crippen LogP contribution in [0.1, 0.15) is 122 Å². The highest BCUT2D eigenvalue weighted by molar-refractivity contribution is 6.33. The molecule has 3 unspecified atom stereocenters. The quantitative estimate of drug-likeness (QED) is 0.131. The zero-order valence-corrected chi connectivity index (χ0v) is 73.2. The van der Waals surface area contributed by atoms with E-state index in [1.165, 1.54) is 38.3 Å². The molecule has 0 bridgehead atoms. The lowest BCUT2D eigenvalue weighted by molar-refractivity contribution is -0.0525. The van der Waals surface area contributed by atoms with Gasteiger partial charge in [0.2, 0.25) is 0 Å². The molecule has 614 valence electrons. The van der Waals surface area contributed by atoms with E-state index in [1.54, 1.807) is 41.3 Å². The predicted octanol–water partition coefficient (Wildman–Crippen LogP) is 28.1. The Morgan fingerprint density at radius 1 is 0.256 bits per heavy atom. The second kappa shape index (κ2) is 33.7. The first-order valence-corrected chi connectivity index (χ1v) is 44.0. The van der Waals surface area contributed by atoms with Gasteiger partial charge in [-0.1, -0.05) is 212 Å². The van der Waals surface area contributed by atoms with Crippen molar-refractivity contribution in [3.05, 3.63) is 376 Å². The normalized spacial score (nSPS) is 22.9. The molecule has 1 N–H and O–H groups in total. The highest BCUT2D eigenvalue weighted by Gasteiger charge is 2.71. The minimum absolute atomic E-state index is 0.00847. The third-order valence-electron chi connectivity index (χ3n) is 25.8. The van der Waals surface area contributed by atoms with Gasteiger partial charge in [0.05, 0.1) is 34.7 Å². The molecule has 0 aromatic heterocycles. The second-order valence-corrected chi connectivity index (χ2v) is 36.3. The van der Waals surface area contributed by atoms with E-state index in [2.05, 4.69) is 93.6 Å². The van der Waals surface area contributed by atoms with E-state index in [-0.39, 0.29) is 42.2 Å². The Hall–Kier alpha value is -10.0. The van der Waals surface area contributed by atoms with Crippen LogP contribution in [0.2, 0.25) is 40.2 Å². The Balaban J connectivity index is 0.000000115. The van der Waals surface area contributed by atoms with Crippen molar-refractivity contribution in [2.45, 2.75) is 151 Å². The number of rotatable bonds is 12. The van der Waals surface area contributed by atoms with Crippen molar-refractivity contribution in [3.8, 4) is 0 Å². The summed E-state index contributed by atoms with van der Waals surface area (Å²) in [6.45, 7) is 8.29. The lowest BCUT2D eigenvalue weighted by Gasteiger charge is -2.52. The van der Waals surface area contributed by atoms with Crippen molar-refractivity contribution >= 4 is 162 Å². The first-order chi connectivity index (χ1) is 58.4. The number of hydrogen-bond acceptors (Lipinski definition) is 5. The number of fused-ring (bicyclic) bond motifs is 3. The van der Waals surface area contributed by atoms with Gasteiger partial charge in [0.15, 0.2) is 5.72 Å². The summed E-state index contributed by atoms with van der Waals surface area (Å²) in [6.07, 6.45) is 11.1. The number of aryl methyl sites for hydroxylation is 4. The minimum Gasteiger partial charge on any atom is -0.364 e. The van der Waals surface area contributed by atoms with Crippen LogP contribution in [0.5, 0.6) is 0 Å². The number of halogens is 8. The van der Waals surface area contributed by atoms with Gasteiger partial charge in [-0.3, -0.25) is 39.2 Å². The number of carbonyl (C=O) groups is 4. The van der Waals surface area contributed by atoms with Crippen molar-refractivity contribution in [2.24, 2.45) is 0 Å². The summed E-state index contributed by atoms with van der Waals surface area (Å²) in [6, 6.07) is 93.0.